The molecule has 1 aliphatic heterocycles. The van der Waals surface area contributed by atoms with Crippen molar-refractivity contribution in [1.29, 1.82) is 0 Å². The zero-order valence-electron chi connectivity index (χ0n) is 18.3. The van der Waals surface area contributed by atoms with Crippen molar-refractivity contribution in [3.63, 3.8) is 0 Å². The first-order chi connectivity index (χ1) is 15.6. The SMILES string of the molecule is CC1=C(C(=O)OC2CCCC2)[C@@H](c2ccccn2)C2=C(C[C@@H](c3ccccc3)CC2=O)N1. The number of nitrogens with one attached hydrogen (secondary N) is 1. The molecule has 3 aliphatic rings. The van der Waals surface area contributed by atoms with Crippen LogP contribution < -0.4 is 5.32 Å². The summed E-state index contributed by atoms with van der Waals surface area (Å²) in [6.45, 7) is 1.90. The molecule has 0 saturated heterocycles. The van der Waals surface area contributed by atoms with E-state index in [1.54, 1.807) is 6.20 Å². The minimum Gasteiger partial charge on any atom is -0.459 e. The Morgan fingerprint density at radius 3 is 2.50 bits per heavy atom. The van der Waals surface area contributed by atoms with Gasteiger partial charge in [0.15, 0.2) is 5.78 Å². The maximum absolute atomic E-state index is 13.5. The molecule has 0 spiro atoms. The van der Waals surface area contributed by atoms with Crippen LogP contribution >= 0.6 is 0 Å². The third kappa shape index (κ3) is 3.88. The molecule has 32 heavy (non-hydrogen) atoms. The standard InChI is InChI=1S/C27H28N2O3/c1-17-24(27(31)32-20-11-5-6-12-20)26(21-13-7-8-14-28-21)25-22(29-17)15-19(16-23(25)30)18-9-3-2-4-10-18/h2-4,7-10,13-14,19-20,26,29H,5-6,11-12,15-16H2,1H3/t19-,26-/m1/s1. The van der Waals surface area contributed by atoms with Crippen LogP contribution in [0.4, 0.5) is 0 Å². The van der Waals surface area contributed by atoms with Crippen LogP contribution in [0.15, 0.2) is 77.3 Å². The van der Waals surface area contributed by atoms with Gasteiger partial charge in [0.1, 0.15) is 6.10 Å². The van der Waals surface area contributed by atoms with E-state index < -0.39 is 5.92 Å². The number of hydrogen-bond acceptors (Lipinski definition) is 5. The number of esters is 1. The van der Waals surface area contributed by atoms with Crippen LogP contribution in [0.3, 0.4) is 0 Å². The van der Waals surface area contributed by atoms with E-state index in [-0.39, 0.29) is 23.8 Å². The number of dihydropyridines is 1. The fraction of sp³-hybridized carbons (Fsp3) is 0.370. The molecular formula is C27H28N2O3. The highest BCUT2D eigenvalue weighted by molar-refractivity contribution is 6.04. The fourth-order valence-electron chi connectivity index (χ4n) is 5.33. The van der Waals surface area contributed by atoms with E-state index in [0.29, 0.717) is 23.3 Å². The highest BCUT2D eigenvalue weighted by atomic mass is 16.5. The van der Waals surface area contributed by atoms with Crippen molar-refractivity contribution in [2.24, 2.45) is 0 Å². The molecule has 1 fully saturated rings. The molecule has 0 radical (unpaired) electrons. The topological polar surface area (TPSA) is 68.3 Å². The minimum absolute atomic E-state index is 0.0351. The first kappa shape index (κ1) is 20.7. The minimum atomic E-state index is -0.495. The van der Waals surface area contributed by atoms with Crippen LogP contribution in [0.5, 0.6) is 0 Å². The first-order valence-electron chi connectivity index (χ1n) is 11.5. The molecule has 2 aliphatic carbocycles. The largest absolute Gasteiger partial charge is 0.459 e. The molecule has 5 rings (SSSR count). The zero-order valence-corrected chi connectivity index (χ0v) is 18.3. The molecule has 164 valence electrons. The lowest BCUT2D eigenvalue weighted by Crippen LogP contribution is -2.36. The number of carbonyl (C=O) groups excluding carboxylic acids is 2. The van der Waals surface area contributed by atoms with Gasteiger partial charge >= 0.3 is 5.97 Å². The number of ether oxygens (including phenoxy) is 1. The number of ketones is 1. The van der Waals surface area contributed by atoms with E-state index in [2.05, 4.69) is 22.4 Å². The van der Waals surface area contributed by atoms with Crippen molar-refractivity contribution in [2.75, 3.05) is 0 Å². The highest BCUT2D eigenvalue weighted by Gasteiger charge is 2.42. The van der Waals surface area contributed by atoms with E-state index in [9.17, 15) is 9.59 Å². The number of rotatable bonds is 4. The lowest BCUT2D eigenvalue weighted by atomic mass is 9.73. The number of nitrogens with zero attached hydrogens (tertiary/aromatic N) is 1. The predicted octanol–water partition coefficient (Wildman–Crippen LogP) is 4.93. The fourth-order valence-corrected chi connectivity index (χ4v) is 5.33. The van der Waals surface area contributed by atoms with E-state index in [1.165, 1.54) is 0 Å². The molecule has 5 nitrogen and oxygen atoms in total. The smallest absolute Gasteiger partial charge is 0.337 e. The van der Waals surface area contributed by atoms with Crippen molar-refractivity contribution in [2.45, 2.75) is 63.4 Å². The normalized spacial score (nSPS) is 23.7. The molecule has 0 unspecified atom stereocenters. The second kappa shape index (κ2) is 8.73. The number of pyridine rings is 1. The Morgan fingerprint density at radius 2 is 1.78 bits per heavy atom. The second-order valence-electron chi connectivity index (χ2n) is 8.99. The van der Waals surface area contributed by atoms with Gasteiger partial charge in [-0.1, -0.05) is 36.4 Å². The van der Waals surface area contributed by atoms with Crippen LogP contribution in [0.1, 0.15) is 68.5 Å². The van der Waals surface area contributed by atoms with Crippen LogP contribution in [0.2, 0.25) is 0 Å². The van der Waals surface area contributed by atoms with Gasteiger partial charge in [-0.2, -0.15) is 0 Å². The molecule has 1 N–H and O–H groups in total. The molecule has 2 heterocycles. The molecule has 2 atom stereocenters. The summed E-state index contributed by atoms with van der Waals surface area (Å²) < 4.78 is 5.88. The Bertz CT molecular complexity index is 1080. The molecule has 2 aromatic rings. The highest BCUT2D eigenvalue weighted by Crippen LogP contribution is 2.45. The summed E-state index contributed by atoms with van der Waals surface area (Å²) in [6, 6.07) is 15.8. The van der Waals surface area contributed by atoms with Crippen LogP contribution in [0.25, 0.3) is 0 Å². The lowest BCUT2D eigenvalue weighted by Gasteiger charge is -2.36. The summed E-state index contributed by atoms with van der Waals surface area (Å²) in [5.74, 6) is -0.631. The Labute approximate surface area is 188 Å². The van der Waals surface area contributed by atoms with Crippen LogP contribution in [0, 0.1) is 0 Å². The lowest BCUT2D eigenvalue weighted by molar-refractivity contribution is -0.144. The van der Waals surface area contributed by atoms with Gasteiger partial charge in [0.05, 0.1) is 17.2 Å². The zero-order chi connectivity index (χ0) is 22.1. The maximum Gasteiger partial charge on any atom is 0.337 e. The Hall–Kier alpha value is -3.21. The molecule has 1 aromatic carbocycles. The van der Waals surface area contributed by atoms with E-state index in [1.807, 2.05) is 43.3 Å². The molecule has 1 saturated carbocycles. The van der Waals surface area contributed by atoms with Gasteiger partial charge in [0, 0.05) is 29.6 Å². The summed E-state index contributed by atoms with van der Waals surface area (Å²) in [5.41, 5.74) is 4.72. The van der Waals surface area contributed by atoms with Gasteiger partial charge in [-0.3, -0.25) is 9.78 Å². The van der Waals surface area contributed by atoms with Gasteiger partial charge in [-0.15, -0.1) is 0 Å². The third-order valence-corrected chi connectivity index (χ3v) is 6.88. The number of hydrogen-bond donors (Lipinski definition) is 1. The number of benzene rings is 1. The van der Waals surface area contributed by atoms with E-state index in [4.69, 9.17) is 4.74 Å². The maximum atomic E-state index is 13.5. The number of carbonyl (C=O) groups is 2. The van der Waals surface area contributed by atoms with Gasteiger partial charge in [-0.25, -0.2) is 4.79 Å². The monoisotopic (exact) mass is 428 g/mol. The number of Topliss-reactive ketones (excluding diaryl/α,β-unsaturated/α-hetero) is 1. The summed E-state index contributed by atoms with van der Waals surface area (Å²) in [4.78, 5) is 31.4. The number of aromatic nitrogens is 1. The molecule has 1 aromatic heterocycles. The van der Waals surface area contributed by atoms with Gasteiger partial charge in [-0.05, 0) is 62.6 Å². The number of allylic oxidation sites excluding steroid dienone is 3. The van der Waals surface area contributed by atoms with Gasteiger partial charge in [0.25, 0.3) is 0 Å². The van der Waals surface area contributed by atoms with Crippen molar-refractivity contribution in [3.8, 4) is 0 Å². The summed E-state index contributed by atoms with van der Waals surface area (Å²) in [5, 5.41) is 3.41. The van der Waals surface area contributed by atoms with E-state index >= 15 is 0 Å². The van der Waals surface area contributed by atoms with Gasteiger partial charge < -0.3 is 10.1 Å². The van der Waals surface area contributed by atoms with Gasteiger partial charge in [0.2, 0.25) is 0 Å². The average molecular weight is 429 g/mol. The molecule has 0 bridgehead atoms. The quantitative estimate of drug-likeness (QED) is 0.700. The molecular weight excluding hydrogens is 400 g/mol. The van der Waals surface area contributed by atoms with Crippen LogP contribution in [-0.4, -0.2) is 22.8 Å². The van der Waals surface area contributed by atoms with Crippen molar-refractivity contribution >= 4 is 11.8 Å². The molecule has 0 amide bonds. The second-order valence-corrected chi connectivity index (χ2v) is 8.99. The van der Waals surface area contributed by atoms with Crippen molar-refractivity contribution in [1.82, 2.24) is 10.3 Å². The van der Waals surface area contributed by atoms with E-state index in [0.717, 1.165) is 49.1 Å². The van der Waals surface area contributed by atoms with Crippen molar-refractivity contribution < 1.29 is 14.3 Å². The summed E-state index contributed by atoms with van der Waals surface area (Å²) in [6.07, 6.45) is 6.84. The molecule has 5 heteroatoms. The third-order valence-electron chi connectivity index (χ3n) is 6.88. The van der Waals surface area contributed by atoms with Crippen molar-refractivity contribution in [3.05, 3.63) is 88.5 Å². The average Bonchev–Trinajstić information content (AvgIpc) is 3.32. The van der Waals surface area contributed by atoms with Crippen LogP contribution in [-0.2, 0) is 14.3 Å². The Kier molecular flexibility index (Phi) is 5.64. The Balaban J connectivity index is 1.53. The predicted molar refractivity (Wildman–Crippen MR) is 122 cm³/mol. The first-order valence-corrected chi connectivity index (χ1v) is 11.5. The summed E-state index contributed by atoms with van der Waals surface area (Å²) >= 11 is 0. The summed E-state index contributed by atoms with van der Waals surface area (Å²) in [7, 11) is 0. The Morgan fingerprint density at radius 1 is 1.03 bits per heavy atom.